The number of aliphatic hydroxyl groups is 1. The molecule has 4 nitrogen and oxygen atoms in total. The Morgan fingerprint density at radius 2 is 1.82 bits per heavy atom. The Kier molecular flexibility index (Phi) is 5.81. The minimum atomic E-state index is -0.491. The first-order chi connectivity index (χ1) is 10.6. The van der Waals surface area contributed by atoms with E-state index in [0.717, 1.165) is 11.1 Å². The highest BCUT2D eigenvalue weighted by molar-refractivity contribution is 5.45. The number of nitrogens with one attached hydrogen (secondary N) is 1. The summed E-state index contributed by atoms with van der Waals surface area (Å²) in [6, 6.07) is 15.2. The highest BCUT2D eigenvalue weighted by atomic mass is 16.5. The Morgan fingerprint density at radius 1 is 1.09 bits per heavy atom. The second-order valence-corrected chi connectivity index (χ2v) is 5.39. The van der Waals surface area contributed by atoms with Gasteiger partial charge < -0.3 is 20.3 Å². The lowest BCUT2D eigenvalue weighted by molar-refractivity contribution is 0.133. The maximum Gasteiger partial charge on any atom is 0.162 e. The van der Waals surface area contributed by atoms with Crippen LogP contribution in [0, 0.1) is 0 Å². The van der Waals surface area contributed by atoms with Crippen molar-refractivity contribution in [1.29, 1.82) is 0 Å². The molecule has 0 saturated heterocycles. The summed E-state index contributed by atoms with van der Waals surface area (Å²) in [6.07, 6.45) is 0.106. The summed E-state index contributed by atoms with van der Waals surface area (Å²) in [5.41, 5.74) is 1.85. The predicted molar refractivity (Wildman–Crippen MR) is 87.1 cm³/mol. The number of aliphatic hydroxyl groups excluding tert-OH is 1. The molecule has 0 saturated carbocycles. The first-order valence-corrected chi connectivity index (χ1v) is 7.42. The zero-order valence-corrected chi connectivity index (χ0v) is 13.0. The maximum atomic E-state index is 10.3. The Morgan fingerprint density at radius 3 is 2.50 bits per heavy atom. The average Bonchev–Trinajstić information content (AvgIpc) is 2.54. The highest BCUT2D eigenvalue weighted by Gasteiger charge is 2.15. The fourth-order valence-electron chi connectivity index (χ4n) is 2.31. The Balaban J connectivity index is 1.91. The van der Waals surface area contributed by atoms with Crippen LogP contribution in [-0.2, 0) is 13.0 Å². The van der Waals surface area contributed by atoms with E-state index in [1.54, 1.807) is 6.07 Å². The molecule has 22 heavy (non-hydrogen) atoms. The van der Waals surface area contributed by atoms with E-state index in [0.29, 0.717) is 18.7 Å². The molecule has 2 unspecified atom stereocenters. The van der Waals surface area contributed by atoms with Gasteiger partial charge in [0.1, 0.15) is 0 Å². The van der Waals surface area contributed by atoms with Gasteiger partial charge in [-0.05, 0) is 25.0 Å². The number of hydrogen-bond acceptors (Lipinski definition) is 4. The highest BCUT2D eigenvalue weighted by Crippen LogP contribution is 2.29. The summed E-state index contributed by atoms with van der Waals surface area (Å²) in [7, 11) is 1.53. The summed E-state index contributed by atoms with van der Waals surface area (Å²) < 4.78 is 5.09. The molecule has 0 aliphatic heterocycles. The van der Waals surface area contributed by atoms with Crippen LogP contribution in [-0.4, -0.2) is 29.5 Å². The van der Waals surface area contributed by atoms with Gasteiger partial charge in [-0.2, -0.15) is 0 Å². The molecule has 2 rings (SSSR count). The standard InChI is InChI=1S/C18H23NO3/c1-13(16(20)11-14-7-4-3-5-8-14)19-12-15-9-6-10-17(22-2)18(15)21/h3-10,13,16,19-21H,11-12H2,1-2H3. The zero-order valence-electron chi connectivity index (χ0n) is 13.0. The number of phenolic OH excluding ortho intramolecular Hbond substituents is 1. The molecular formula is C18H23NO3. The number of ether oxygens (including phenoxy) is 1. The van der Waals surface area contributed by atoms with Crippen LogP contribution in [0.15, 0.2) is 48.5 Å². The lowest BCUT2D eigenvalue weighted by atomic mass is 10.0. The van der Waals surface area contributed by atoms with Crippen LogP contribution < -0.4 is 10.1 Å². The van der Waals surface area contributed by atoms with Crippen molar-refractivity contribution in [2.24, 2.45) is 0 Å². The van der Waals surface area contributed by atoms with Gasteiger partial charge in [-0.25, -0.2) is 0 Å². The third-order valence-corrected chi connectivity index (χ3v) is 3.78. The Hall–Kier alpha value is -2.04. The summed E-state index contributed by atoms with van der Waals surface area (Å²) in [4.78, 5) is 0. The van der Waals surface area contributed by atoms with Crippen molar-refractivity contribution in [2.45, 2.75) is 32.0 Å². The first-order valence-electron chi connectivity index (χ1n) is 7.42. The SMILES string of the molecule is COc1cccc(CNC(C)C(O)Cc2ccccc2)c1O. The molecule has 2 aromatic rings. The number of para-hydroxylation sites is 1. The van der Waals surface area contributed by atoms with Crippen LogP contribution in [0.2, 0.25) is 0 Å². The molecule has 2 aromatic carbocycles. The average molecular weight is 301 g/mol. The molecule has 118 valence electrons. The normalized spacial score (nSPS) is 13.6. The van der Waals surface area contributed by atoms with Gasteiger partial charge >= 0.3 is 0 Å². The van der Waals surface area contributed by atoms with E-state index < -0.39 is 6.10 Å². The van der Waals surface area contributed by atoms with Crippen molar-refractivity contribution in [3.8, 4) is 11.5 Å². The number of hydrogen-bond donors (Lipinski definition) is 3. The second-order valence-electron chi connectivity index (χ2n) is 5.39. The van der Waals surface area contributed by atoms with Gasteiger partial charge in [-0.15, -0.1) is 0 Å². The smallest absolute Gasteiger partial charge is 0.162 e. The van der Waals surface area contributed by atoms with Crippen molar-refractivity contribution in [3.05, 3.63) is 59.7 Å². The molecule has 0 aliphatic rings. The zero-order chi connectivity index (χ0) is 15.9. The van der Waals surface area contributed by atoms with Gasteiger partial charge in [0, 0.05) is 18.2 Å². The number of aromatic hydroxyl groups is 1. The first kappa shape index (κ1) is 16.3. The van der Waals surface area contributed by atoms with Gasteiger partial charge in [0.15, 0.2) is 11.5 Å². The minimum absolute atomic E-state index is 0.0918. The minimum Gasteiger partial charge on any atom is -0.504 e. The molecule has 0 fully saturated rings. The van der Waals surface area contributed by atoms with Gasteiger partial charge in [-0.1, -0.05) is 42.5 Å². The third kappa shape index (κ3) is 4.23. The molecule has 0 amide bonds. The fourth-order valence-corrected chi connectivity index (χ4v) is 2.31. The molecular weight excluding hydrogens is 278 g/mol. The van der Waals surface area contributed by atoms with Crippen molar-refractivity contribution in [1.82, 2.24) is 5.32 Å². The largest absolute Gasteiger partial charge is 0.504 e. The summed E-state index contributed by atoms with van der Waals surface area (Å²) in [5, 5.41) is 23.6. The molecule has 0 spiro atoms. The number of phenols is 1. The summed E-state index contributed by atoms with van der Waals surface area (Å²) >= 11 is 0. The van der Waals surface area contributed by atoms with E-state index in [9.17, 15) is 10.2 Å². The molecule has 2 atom stereocenters. The molecule has 0 aromatic heterocycles. The fraction of sp³-hybridized carbons (Fsp3) is 0.333. The van der Waals surface area contributed by atoms with E-state index >= 15 is 0 Å². The van der Waals surface area contributed by atoms with Crippen LogP contribution in [0.4, 0.5) is 0 Å². The van der Waals surface area contributed by atoms with Gasteiger partial charge in [-0.3, -0.25) is 0 Å². The third-order valence-electron chi connectivity index (χ3n) is 3.78. The van der Waals surface area contributed by atoms with Gasteiger partial charge in [0.2, 0.25) is 0 Å². The van der Waals surface area contributed by atoms with E-state index in [2.05, 4.69) is 5.32 Å². The number of benzene rings is 2. The van der Waals surface area contributed by atoms with E-state index in [4.69, 9.17) is 4.74 Å². The lowest BCUT2D eigenvalue weighted by Crippen LogP contribution is -2.38. The Labute approximate surface area is 131 Å². The second kappa shape index (κ2) is 7.82. The van der Waals surface area contributed by atoms with Crippen molar-refractivity contribution >= 4 is 0 Å². The number of rotatable bonds is 7. The molecule has 0 bridgehead atoms. The molecule has 0 aliphatic carbocycles. The lowest BCUT2D eigenvalue weighted by Gasteiger charge is -2.21. The van der Waals surface area contributed by atoms with Crippen LogP contribution in [0.25, 0.3) is 0 Å². The number of methoxy groups -OCH3 is 1. The predicted octanol–water partition coefficient (Wildman–Crippen LogP) is 2.48. The molecule has 0 radical (unpaired) electrons. The monoisotopic (exact) mass is 301 g/mol. The van der Waals surface area contributed by atoms with Crippen LogP contribution in [0.1, 0.15) is 18.1 Å². The molecule has 4 heteroatoms. The quantitative estimate of drug-likeness (QED) is 0.735. The van der Waals surface area contributed by atoms with Gasteiger partial charge in [0.05, 0.1) is 13.2 Å². The van der Waals surface area contributed by atoms with Crippen molar-refractivity contribution in [3.63, 3.8) is 0 Å². The Bertz CT molecular complexity index is 586. The maximum absolute atomic E-state index is 10.3. The molecule has 3 N–H and O–H groups in total. The van der Waals surface area contributed by atoms with E-state index in [1.165, 1.54) is 7.11 Å². The van der Waals surface area contributed by atoms with E-state index in [-0.39, 0.29) is 11.8 Å². The summed E-state index contributed by atoms with van der Waals surface area (Å²) in [5.74, 6) is 0.596. The van der Waals surface area contributed by atoms with E-state index in [1.807, 2.05) is 49.4 Å². The van der Waals surface area contributed by atoms with Crippen LogP contribution >= 0.6 is 0 Å². The van der Waals surface area contributed by atoms with Crippen molar-refractivity contribution in [2.75, 3.05) is 7.11 Å². The molecule has 0 heterocycles. The topological polar surface area (TPSA) is 61.7 Å². The summed E-state index contributed by atoms with van der Waals surface area (Å²) in [6.45, 7) is 2.40. The van der Waals surface area contributed by atoms with Crippen LogP contribution in [0.3, 0.4) is 0 Å². The van der Waals surface area contributed by atoms with Crippen LogP contribution in [0.5, 0.6) is 11.5 Å². The van der Waals surface area contributed by atoms with Crippen molar-refractivity contribution < 1.29 is 14.9 Å². The van der Waals surface area contributed by atoms with Gasteiger partial charge in [0.25, 0.3) is 0 Å².